The number of aryl methyl sites for hydroxylation is 1. The fourth-order valence-corrected chi connectivity index (χ4v) is 2.75. The van der Waals surface area contributed by atoms with Gasteiger partial charge >= 0.3 is 0 Å². The predicted octanol–water partition coefficient (Wildman–Crippen LogP) is 0.722. The molecule has 0 aliphatic carbocycles. The third-order valence-corrected chi connectivity index (χ3v) is 3.78. The SMILES string of the molecule is CCn1nccc1CN1CCC[C@@H]1c1nc(C(N)=O)no1. The van der Waals surface area contributed by atoms with Gasteiger partial charge in [0.15, 0.2) is 0 Å². The van der Waals surface area contributed by atoms with Gasteiger partial charge in [0.2, 0.25) is 5.89 Å². The number of hydrogen-bond donors (Lipinski definition) is 1. The maximum absolute atomic E-state index is 11.1. The molecule has 1 aliphatic heterocycles. The summed E-state index contributed by atoms with van der Waals surface area (Å²) in [7, 11) is 0. The summed E-state index contributed by atoms with van der Waals surface area (Å²) in [6.07, 6.45) is 3.79. The lowest BCUT2D eigenvalue weighted by Gasteiger charge is -2.21. The van der Waals surface area contributed by atoms with E-state index >= 15 is 0 Å². The molecule has 21 heavy (non-hydrogen) atoms. The molecule has 2 aromatic heterocycles. The van der Waals surface area contributed by atoms with Crippen molar-refractivity contribution in [3.05, 3.63) is 29.7 Å². The smallest absolute Gasteiger partial charge is 0.290 e. The van der Waals surface area contributed by atoms with Gasteiger partial charge in [-0.2, -0.15) is 10.1 Å². The third-order valence-electron chi connectivity index (χ3n) is 3.78. The summed E-state index contributed by atoms with van der Waals surface area (Å²) in [5.41, 5.74) is 6.31. The van der Waals surface area contributed by atoms with Crippen LogP contribution in [0, 0.1) is 0 Å². The Morgan fingerprint density at radius 2 is 2.43 bits per heavy atom. The Bertz CT molecular complexity index is 634. The molecule has 0 spiro atoms. The minimum atomic E-state index is -0.668. The molecule has 1 atom stereocenters. The van der Waals surface area contributed by atoms with E-state index in [9.17, 15) is 4.79 Å². The second-order valence-electron chi connectivity index (χ2n) is 5.09. The first-order valence-electron chi connectivity index (χ1n) is 7.07. The second kappa shape index (κ2) is 5.65. The van der Waals surface area contributed by atoms with Crippen LogP contribution in [0.15, 0.2) is 16.8 Å². The second-order valence-corrected chi connectivity index (χ2v) is 5.09. The summed E-state index contributed by atoms with van der Waals surface area (Å²) in [5, 5.41) is 7.90. The zero-order valence-corrected chi connectivity index (χ0v) is 11.9. The molecule has 3 rings (SSSR count). The Hall–Kier alpha value is -2.22. The molecule has 0 bridgehead atoms. The summed E-state index contributed by atoms with van der Waals surface area (Å²) < 4.78 is 7.16. The normalized spacial score (nSPS) is 19.2. The van der Waals surface area contributed by atoms with Crippen molar-refractivity contribution in [3.8, 4) is 0 Å². The first-order valence-corrected chi connectivity index (χ1v) is 7.07. The molecule has 1 saturated heterocycles. The Balaban J connectivity index is 1.77. The number of nitrogens with two attached hydrogens (primary N) is 1. The van der Waals surface area contributed by atoms with Crippen molar-refractivity contribution in [1.82, 2.24) is 24.8 Å². The van der Waals surface area contributed by atoms with Crippen molar-refractivity contribution in [1.29, 1.82) is 0 Å². The first-order chi connectivity index (χ1) is 10.2. The lowest BCUT2D eigenvalue weighted by Crippen LogP contribution is -2.24. The topological polar surface area (TPSA) is 103 Å². The molecule has 3 heterocycles. The van der Waals surface area contributed by atoms with Crippen LogP contribution in [-0.2, 0) is 13.1 Å². The summed E-state index contributed by atoms with van der Waals surface area (Å²) in [4.78, 5) is 17.4. The molecule has 2 aromatic rings. The highest BCUT2D eigenvalue weighted by molar-refractivity contribution is 5.88. The van der Waals surface area contributed by atoms with E-state index in [1.54, 1.807) is 0 Å². The zero-order valence-electron chi connectivity index (χ0n) is 11.9. The highest BCUT2D eigenvalue weighted by Gasteiger charge is 2.31. The highest BCUT2D eigenvalue weighted by Crippen LogP contribution is 2.32. The van der Waals surface area contributed by atoms with E-state index in [2.05, 4.69) is 27.1 Å². The van der Waals surface area contributed by atoms with E-state index in [0.29, 0.717) is 5.89 Å². The Morgan fingerprint density at radius 3 is 3.14 bits per heavy atom. The van der Waals surface area contributed by atoms with Crippen LogP contribution in [0.25, 0.3) is 0 Å². The van der Waals surface area contributed by atoms with Crippen LogP contribution in [0.5, 0.6) is 0 Å². The Morgan fingerprint density at radius 1 is 1.57 bits per heavy atom. The van der Waals surface area contributed by atoms with Crippen molar-refractivity contribution >= 4 is 5.91 Å². The van der Waals surface area contributed by atoms with Gasteiger partial charge in [0.05, 0.1) is 11.7 Å². The van der Waals surface area contributed by atoms with Gasteiger partial charge in [0.1, 0.15) is 0 Å². The number of likely N-dealkylation sites (tertiary alicyclic amines) is 1. The number of aromatic nitrogens is 4. The molecular formula is C13H18N6O2. The molecule has 2 N–H and O–H groups in total. The average molecular weight is 290 g/mol. The fraction of sp³-hybridized carbons (Fsp3) is 0.538. The number of carbonyl (C=O) groups excluding carboxylic acids is 1. The van der Waals surface area contributed by atoms with Crippen molar-refractivity contribution in [2.24, 2.45) is 5.73 Å². The molecule has 0 unspecified atom stereocenters. The summed E-state index contributed by atoms with van der Waals surface area (Å²) >= 11 is 0. The van der Waals surface area contributed by atoms with Gasteiger partial charge in [-0.3, -0.25) is 14.4 Å². The largest absolute Gasteiger partial charge is 0.363 e. The highest BCUT2D eigenvalue weighted by atomic mass is 16.5. The van der Waals surface area contributed by atoms with Crippen molar-refractivity contribution < 1.29 is 9.32 Å². The van der Waals surface area contributed by atoms with E-state index in [0.717, 1.165) is 38.2 Å². The van der Waals surface area contributed by atoms with Gasteiger partial charge in [-0.05, 0) is 32.4 Å². The number of amides is 1. The van der Waals surface area contributed by atoms with E-state index in [4.69, 9.17) is 10.3 Å². The van der Waals surface area contributed by atoms with Crippen LogP contribution >= 0.6 is 0 Å². The summed E-state index contributed by atoms with van der Waals surface area (Å²) in [6.45, 7) is 4.63. The minimum Gasteiger partial charge on any atom is -0.363 e. The van der Waals surface area contributed by atoms with Gasteiger partial charge in [-0.15, -0.1) is 0 Å². The maximum atomic E-state index is 11.1. The summed E-state index contributed by atoms with van der Waals surface area (Å²) in [5.74, 6) is -0.266. The molecule has 0 aromatic carbocycles. The lowest BCUT2D eigenvalue weighted by atomic mass is 10.2. The van der Waals surface area contributed by atoms with Crippen LogP contribution in [0.3, 0.4) is 0 Å². The molecule has 112 valence electrons. The number of carbonyl (C=O) groups is 1. The maximum Gasteiger partial charge on any atom is 0.290 e. The van der Waals surface area contributed by atoms with Gasteiger partial charge < -0.3 is 10.3 Å². The van der Waals surface area contributed by atoms with Crippen LogP contribution < -0.4 is 5.73 Å². The number of nitrogens with zero attached hydrogens (tertiary/aromatic N) is 5. The van der Waals surface area contributed by atoms with Crippen LogP contribution in [-0.4, -0.2) is 37.3 Å². The monoisotopic (exact) mass is 290 g/mol. The first kappa shape index (κ1) is 13.7. The van der Waals surface area contributed by atoms with E-state index in [1.807, 2.05) is 16.9 Å². The van der Waals surface area contributed by atoms with Gasteiger partial charge in [-0.25, -0.2) is 0 Å². The molecule has 0 saturated carbocycles. The van der Waals surface area contributed by atoms with E-state index in [1.165, 1.54) is 0 Å². The van der Waals surface area contributed by atoms with Crippen LogP contribution in [0.4, 0.5) is 0 Å². The van der Waals surface area contributed by atoms with E-state index < -0.39 is 5.91 Å². The molecular weight excluding hydrogens is 272 g/mol. The van der Waals surface area contributed by atoms with Gasteiger partial charge in [-0.1, -0.05) is 5.16 Å². The molecule has 0 radical (unpaired) electrons. The lowest BCUT2D eigenvalue weighted by molar-refractivity contribution is 0.0987. The van der Waals surface area contributed by atoms with E-state index in [-0.39, 0.29) is 11.9 Å². The predicted molar refractivity (Wildman–Crippen MR) is 73.1 cm³/mol. The van der Waals surface area contributed by atoms with Crippen molar-refractivity contribution in [2.45, 2.75) is 38.9 Å². The Kier molecular flexibility index (Phi) is 3.70. The number of rotatable bonds is 5. The van der Waals surface area contributed by atoms with Gasteiger partial charge in [0.25, 0.3) is 11.7 Å². The minimum absolute atomic E-state index is 0.0332. The van der Waals surface area contributed by atoms with Crippen LogP contribution in [0.2, 0.25) is 0 Å². The average Bonchev–Trinajstić information content (AvgIpc) is 3.18. The standard InChI is InChI=1S/C13H18N6O2/c1-2-19-9(5-6-15-19)8-18-7-3-4-10(18)13-16-12(11(14)20)17-21-13/h5-6,10H,2-4,7-8H2,1H3,(H2,14,20)/t10-/m1/s1. The van der Waals surface area contributed by atoms with Crippen molar-refractivity contribution in [2.75, 3.05) is 6.54 Å². The molecule has 8 nitrogen and oxygen atoms in total. The molecule has 8 heteroatoms. The third kappa shape index (κ3) is 2.66. The molecule has 1 aliphatic rings. The zero-order chi connectivity index (χ0) is 14.8. The fourth-order valence-electron chi connectivity index (χ4n) is 2.75. The summed E-state index contributed by atoms with van der Waals surface area (Å²) in [6, 6.07) is 2.05. The van der Waals surface area contributed by atoms with Crippen molar-refractivity contribution in [3.63, 3.8) is 0 Å². The number of primary amides is 1. The van der Waals surface area contributed by atoms with Crippen LogP contribution in [0.1, 0.15) is 48.0 Å². The number of hydrogen-bond acceptors (Lipinski definition) is 6. The quantitative estimate of drug-likeness (QED) is 0.870. The Labute approximate surface area is 121 Å². The van der Waals surface area contributed by atoms with Gasteiger partial charge in [0, 0.05) is 19.3 Å². The molecule has 1 fully saturated rings. The molecule has 1 amide bonds.